The Morgan fingerprint density at radius 3 is 2.84 bits per heavy atom. The fraction of sp³-hybridized carbons (Fsp3) is 0.385. The monoisotopic (exact) mass is 298 g/mol. The topological polar surface area (TPSA) is 42.7 Å². The van der Waals surface area contributed by atoms with Gasteiger partial charge in [0.1, 0.15) is 12.2 Å². The molecule has 0 aliphatic carbocycles. The summed E-state index contributed by atoms with van der Waals surface area (Å²) < 4.78 is 1.83. The molecule has 2 rings (SSSR count). The van der Waals surface area contributed by atoms with Crippen LogP contribution in [0.3, 0.4) is 0 Å². The standard InChI is InChI=1S/C13H16Cl2N4/c1-9(2)16-6-12-17-8-18-19(12)7-10-4-3-5-11(14)13(10)15/h3-5,8-9,16H,6-7H2,1-2H3. The number of halogens is 2. The molecule has 0 atom stereocenters. The predicted molar refractivity (Wildman–Crippen MR) is 77.6 cm³/mol. The molecule has 0 radical (unpaired) electrons. The largest absolute Gasteiger partial charge is 0.308 e. The van der Waals surface area contributed by atoms with Gasteiger partial charge in [-0.3, -0.25) is 0 Å². The van der Waals surface area contributed by atoms with Crippen LogP contribution in [0.15, 0.2) is 24.5 Å². The molecule has 0 saturated carbocycles. The molecule has 1 N–H and O–H groups in total. The second-order valence-corrected chi connectivity index (χ2v) is 5.37. The summed E-state index contributed by atoms with van der Waals surface area (Å²) in [6, 6.07) is 6.00. The van der Waals surface area contributed by atoms with Crippen molar-refractivity contribution in [3.05, 3.63) is 46.0 Å². The third-order valence-corrected chi connectivity index (χ3v) is 3.57. The quantitative estimate of drug-likeness (QED) is 0.922. The van der Waals surface area contributed by atoms with Crippen LogP contribution in [0.25, 0.3) is 0 Å². The maximum Gasteiger partial charge on any atom is 0.141 e. The van der Waals surface area contributed by atoms with Crippen LogP contribution in [0.5, 0.6) is 0 Å². The first kappa shape index (κ1) is 14.3. The second kappa shape index (κ2) is 6.37. The van der Waals surface area contributed by atoms with Gasteiger partial charge in [-0.2, -0.15) is 5.10 Å². The first-order chi connectivity index (χ1) is 9.08. The molecule has 2 aromatic rings. The highest BCUT2D eigenvalue weighted by molar-refractivity contribution is 6.42. The van der Waals surface area contributed by atoms with Gasteiger partial charge >= 0.3 is 0 Å². The van der Waals surface area contributed by atoms with Crippen LogP contribution in [0.4, 0.5) is 0 Å². The number of aromatic nitrogens is 3. The van der Waals surface area contributed by atoms with Crippen molar-refractivity contribution in [3.8, 4) is 0 Å². The Hall–Kier alpha value is -1.10. The van der Waals surface area contributed by atoms with Gasteiger partial charge in [0.2, 0.25) is 0 Å². The molecule has 102 valence electrons. The van der Waals surface area contributed by atoms with Gasteiger partial charge in [-0.05, 0) is 11.6 Å². The van der Waals surface area contributed by atoms with Crippen molar-refractivity contribution in [2.45, 2.75) is 33.0 Å². The Labute approximate surface area is 122 Å². The first-order valence-corrected chi connectivity index (χ1v) is 6.86. The minimum absolute atomic E-state index is 0.403. The fourth-order valence-corrected chi connectivity index (χ4v) is 2.06. The van der Waals surface area contributed by atoms with Gasteiger partial charge in [-0.1, -0.05) is 49.2 Å². The van der Waals surface area contributed by atoms with E-state index in [0.29, 0.717) is 29.2 Å². The maximum absolute atomic E-state index is 6.18. The Morgan fingerprint density at radius 1 is 1.32 bits per heavy atom. The number of benzene rings is 1. The minimum Gasteiger partial charge on any atom is -0.308 e. The Morgan fingerprint density at radius 2 is 2.11 bits per heavy atom. The highest BCUT2D eigenvalue weighted by Crippen LogP contribution is 2.26. The number of rotatable bonds is 5. The smallest absolute Gasteiger partial charge is 0.141 e. The van der Waals surface area contributed by atoms with E-state index in [1.54, 1.807) is 12.4 Å². The second-order valence-electron chi connectivity index (χ2n) is 4.58. The van der Waals surface area contributed by atoms with Crippen molar-refractivity contribution in [3.63, 3.8) is 0 Å². The molecule has 1 aromatic heterocycles. The summed E-state index contributed by atoms with van der Waals surface area (Å²) in [5.41, 5.74) is 0.936. The molecule has 0 aliphatic heterocycles. The van der Waals surface area contributed by atoms with Crippen molar-refractivity contribution < 1.29 is 0 Å². The highest BCUT2D eigenvalue weighted by Gasteiger charge is 2.09. The lowest BCUT2D eigenvalue weighted by atomic mass is 10.2. The van der Waals surface area contributed by atoms with Crippen molar-refractivity contribution in [2.24, 2.45) is 0 Å². The minimum atomic E-state index is 0.403. The highest BCUT2D eigenvalue weighted by atomic mass is 35.5. The van der Waals surface area contributed by atoms with Crippen molar-refractivity contribution in [2.75, 3.05) is 0 Å². The lowest BCUT2D eigenvalue weighted by molar-refractivity contribution is 0.539. The molecule has 1 heterocycles. The summed E-state index contributed by atoms with van der Waals surface area (Å²) >= 11 is 12.2. The maximum atomic E-state index is 6.18. The van der Waals surface area contributed by atoms with Crippen LogP contribution in [-0.4, -0.2) is 20.8 Å². The molecule has 0 amide bonds. The number of hydrogen-bond acceptors (Lipinski definition) is 3. The van der Waals surface area contributed by atoms with Crippen molar-refractivity contribution in [1.82, 2.24) is 20.1 Å². The van der Waals surface area contributed by atoms with Gasteiger partial charge < -0.3 is 5.32 Å². The van der Waals surface area contributed by atoms with E-state index in [4.69, 9.17) is 23.2 Å². The van der Waals surface area contributed by atoms with E-state index in [1.807, 2.05) is 16.8 Å². The van der Waals surface area contributed by atoms with Crippen LogP contribution >= 0.6 is 23.2 Å². The molecule has 1 aromatic carbocycles. The van der Waals surface area contributed by atoms with Crippen LogP contribution in [-0.2, 0) is 13.1 Å². The molecule has 0 spiro atoms. The van der Waals surface area contributed by atoms with Gasteiger partial charge in [0, 0.05) is 6.04 Å². The van der Waals surface area contributed by atoms with E-state index in [1.165, 1.54) is 0 Å². The lowest BCUT2D eigenvalue weighted by Gasteiger charge is -2.10. The summed E-state index contributed by atoms with van der Waals surface area (Å²) in [5.74, 6) is 0.879. The van der Waals surface area contributed by atoms with Crippen LogP contribution in [0.2, 0.25) is 10.0 Å². The zero-order valence-electron chi connectivity index (χ0n) is 10.9. The Kier molecular flexibility index (Phi) is 4.80. The molecule has 0 saturated heterocycles. The van der Waals surface area contributed by atoms with Crippen molar-refractivity contribution in [1.29, 1.82) is 0 Å². The van der Waals surface area contributed by atoms with E-state index in [0.717, 1.165) is 11.4 Å². The summed E-state index contributed by atoms with van der Waals surface area (Å²) in [6.45, 7) is 5.42. The van der Waals surface area contributed by atoms with Crippen LogP contribution in [0.1, 0.15) is 25.2 Å². The zero-order valence-corrected chi connectivity index (χ0v) is 12.4. The van der Waals surface area contributed by atoms with E-state index >= 15 is 0 Å². The molecular formula is C13H16Cl2N4. The molecule has 0 aliphatic rings. The van der Waals surface area contributed by atoms with Gasteiger partial charge in [0.25, 0.3) is 0 Å². The Bertz CT molecular complexity index is 551. The molecule has 0 bridgehead atoms. The molecular weight excluding hydrogens is 283 g/mol. The predicted octanol–water partition coefficient (Wildman–Crippen LogP) is 3.13. The molecule has 19 heavy (non-hydrogen) atoms. The van der Waals surface area contributed by atoms with Crippen LogP contribution in [0, 0.1) is 0 Å². The zero-order chi connectivity index (χ0) is 13.8. The third kappa shape index (κ3) is 3.69. The summed E-state index contributed by atoms with van der Waals surface area (Å²) in [5, 5.41) is 8.67. The van der Waals surface area contributed by atoms with Crippen LogP contribution < -0.4 is 5.32 Å². The lowest BCUT2D eigenvalue weighted by Crippen LogP contribution is -2.24. The summed E-state index contributed by atoms with van der Waals surface area (Å²) in [7, 11) is 0. The average molecular weight is 299 g/mol. The van der Waals surface area contributed by atoms with E-state index in [2.05, 4.69) is 29.2 Å². The molecule has 4 nitrogen and oxygen atoms in total. The van der Waals surface area contributed by atoms with Crippen molar-refractivity contribution >= 4 is 23.2 Å². The van der Waals surface area contributed by atoms with Gasteiger partial charge in [0.05, 0.1) is 23.1 Å². The number of nitrogens with zero attached hydrogens (tertiary/aromatic N) is 3. The summed E-state index contributed by atoms with van der Waals surface area (Å²) in [4.78, 5) is 4.25. The van der Waals surface area contributed by atoms with Gasteiger partial charge in [-0.15, -0.1) is 0 Å². The van der Waals surface area contributed by atoms with Gasteiger partial charge in [-0.25, -0.2) is 9.67 Å². The van der Waals surface area contributed by atoms with E-state index in [9.17, 15) is 0 Å². The third-order valence-electron chi connectivity index (χ3n) is 2.72. The number of nitrogens with one attached hydrogen (secondary N) is 1. The normalized spacial score (nSPS) is 11.2. The van der Waals surface area contributed by atoms with Gasteiger partial charge in [0.15, 0.2) is 0 Å². The first-order valence-electron chi connectivity index (χ1n) is 6.11. The number of hydrogen-bond donors (Lipinski definition) is 1. The van der Waals surface area contributed by atoms with E-state index in [-0.39, 0.29) is 0 Å². The summed E-state index contributed by atoms with van der Waals surface area (Å²) in [6.07, 6.45) is 1.55. The fourth-order valence-electron chi connectivity index (χ4n) is 1.68. The molecule has 0 unspecified atom stereocenters. The molecule has 0 fully saturated rings. The Balaban J connectivity index is 2.15. The van der Waals surface area contributed by atoms with E-state index < -0.39 is 0 Å². The average Bonchev–Trinajstić information content (AvgIpc) is 2.80. The SMILES string of the molecule is CC(C)NCc1ncnn1Cc1cccc(Cl)c1Cl. The molecule has 6 heteroatoms.